The third kappa shape index (κ3) is 6.57. The monoisotopic (exact) mass is 564 g/mol. The number of benzene rings is 2. The molecule has 37 heavy (non-hydrogen) atoms. The molecule has 0 atom stereocenters. The quantitative estimate of drug-likeness (QED) is 0.126. The number of carbonyl (C=O) groups is 1. The summed E-state index contributed by atoms with van der Waals surface area (Å²) >= 11 is 3.47. The summed E-state index contributed by atoms with van der Waals surface area (Å²) in [6, 6.07) is 16.5. The van der Waals surface area contributed by atoms with Crippen molar-refractivity contribution in [2.45, 2.75) is 6.54 Å². The van der Waals surface area contributed by atoms with Crippen LogP contribution in [0.25, 0.3) is 10.9 Å². The molecular formula is C26H27BrN7O3+. The van der Waals surface area contributed by atoms with Crippen LogP contribution in [0, 0.1) is 10.1 Å². The Kier molecular flexibility index (Phi) is 7.65. The van der Waals surface area contributed by atoms with E-state index >= 15 is 0 Å². The second kappa shape index (κ2) is 10.9. The maximum atomic E-state index is 12.6. The van der Waals surface area contributed by atoms with E-state index in [-0.39, 0.29) is 11.7 Å². The van der Waals surface area contributed by atoms with Gasteiger partial charge in [0.2, 0.25) is 5.91 Å². The summed E-state index contributed by atoms with van der Waals surface area (Å²) in [5, 5.41) is 18.1. The molecule has 0 aliphatic carbocycles. The van der Waals surface area contributed by atoms with Crippen LogP contribution in [0.2, 0.25) is 0 Å². The normalized spacial score (nSPS) is 11.7. The summed E-state index contributed by atoms with van der Waals surface area (Å²) in [5.41, 5.74) is 3.10. The number of hydrogen-bond acceptors (Lipinski definition) is 6. The fraction of sp³-hybridized carbons (Fsp3) is 0.192. The Morgan fingerprint density at radius 2 is 1.95 bits per heavy atom. The van der Waals surface area contributed by atoms with E-state index in [1.807, 2.05) is 50.5 Å². The van der Waals surface area contributed by atoms with Crippen LogP contribution < -0.4 is 10.6 Å². The fourth-order valence-corrected chi connectivity index (χ4v) is 4.35. The lowest BCUT2D eigenvalue weighted by molar-refractivity contribution is -0.898. The number of quaternary nitrogens is 1. The van der Waals surface area contributed by atoms with Crippen molar-refractivity contribution in [2.24, 2.45) is 7.05 Å². The van der Waals surface area contributed by atoms with E-state index in [2.05, 4.69) is 36.5 Å². The number of nitrogens with one attached hydrogen (secondary N) is 2. The number of carbonyl (C=O) groups excluding carboxylic acids is 1. The minimum Gasteiger partial charge on any atom is -0.358 e. The van der Waals surface area contributed by atoms with Gasteiger partial charge in [-0.15, -0.1) is 0 Å². The molecule has 2 aromatic heterocycles. The van der Waals surface area contributed by atoms with E-state index in [1.54, 1.807) is 29.8 Å². The summed E-state index contributed by atoms with van der Waals surface area (Å²) < 4.78 is 3.05. The highest BCUT2D eigenvalue weighted by Crippen LogP contribution is 2.27. The lowest BCUT2D eigenvalue weighted by atomic mass is 10.2. The molecule has 0 radical (unpaired) electrons. The van der Waals surface area contributed by atoms with Crippen molar-refractivity contribution < 1.29 is 14.2 Å². The van der Waals surface area contributed by atoms with Crippen LogP contribution in [0.1, 0.15) is 5.69 Å². The minimum atomic E-state index is -0.396. The number of aromatic nitrogens is 3. The number of halogens is 1. The molecular weight excluding hydrogens is 538 g/mol. The number of likely N-dealkylation sites (N-methyl/N-ethyl adjacent to an activating group) is 1. The molecule has 1 amide bonds. The standard InChI is InChI=1S/C26H26BrN7O3/c1-32-21(10-12-25(32)33(36)37)16-34(2,3)13-5-8-24(35)30-20-9-11-23-22(15-20)26(29-17-28-23)31-19-7-4-6-18(27)14-19/h4-12,14-15,17H,13,16H2,1-3H3,(H-,28,29,30,31,35)/p+1/b8-5+. The first-order valence-corrected chi connectivity index (χ1v) is 12.3. The van der Waals surface area contributed by atoms with Crippen molar-refractivity contribution in [3.8, 4) is 0 Å². The molecule has 0 fully saturated rings. The molecule has 4 aromatic rings. The third-order valence-electron chi connectivity index (χ3n) is 5.84. The summed E-state index contributed by atoms with van der Waals surface area (Å²) in [5.74, 6) is 0.433. The van der Waals surface area contributed by atoms with Crippen LogP contribution in [0.15, 0.2) is 77.5 Å². The average Bonchev–Trinajstić information content (AvgIpc) is 3.19. The van der Waals surface area contributed by atoms with Crippen molar-refractivity contribution in [3.05, 3.63) is 93.4 Å². The zero-order chi connectivity index (χ0) is 26.6. The van der Waals surface area contributed by atoms with Crippen molar-refractivity contribution in [2.75, 3.05) is 31.3 Å². The Balaban J connectivity index is 1.41. The zero-order valence-electron chi connectivity index (χ0n) is 20.7. The van der Waals surface area contributed by atoms with Crippen LogP contribution in [-0.4, -0.2) is 50.5 Å². The average molecular weight is 565 g/mol. The number of nitrogens with zero attached hydrogens (tertiary/aromatic N) is 5. The topological polar surface area (TPSA) is 115 Å². The first-order valence-electron chi connectivity index (χ1n) is 11.5. The van der Waals surface area contributed by atoms with Crippen LogP contribution in [-0.2, 0) is 18.4 Å². The van der Waals surface area contributed by atoms with Gasteiger partial charge in [-0.1, -0.05) is 22.0 Å². The molecule has 2 aromatic carbocycles. The first kappa shape index (κ1) is 26.0. The summed E-state index contributed by atoms with van der Waals surface area (Å²) in [6.45, 7) is 1.15. The number of amides is 1. The number of nitro groups is 1. The van der Waals surface area contributed by atoms with Gasteiger partial charge in [-0.05, 0) is 53.5 Å². The Morgan fingerprint density at radius 3 is 2.68 bits per heavy atom. The van der Waals surface area contributed by atoms with Gasteiger partial charge in [-0.2, -0.15) is 0 Å². The number of fused-ring (bicyclic) bond motifs is 1. The smallest absolute Gasteiger partial charge is 0.323 e. The molecule has 0 spiro atoms. The Labute approximate surface area is 222 Å². The van der Waals surface area contributed by atoms with Crippen LogP contribution in [0.4, 0.5) is 23.0 Å². The SMILES string of the molecule is Cn1c(C[N+](C)(C)C/C=C/C(=O)Nc2ccc3ncnc(Nc4cccc(Br)c4)c3c2)ccc1[N+](=O)[O-]. The van der Waals surface area contributed by atoms with Gasteiger partial charge < -0.3 is 25.2 Å². The molecule has 2 heterocycles. The van der Waals surface area contributed by atoms with Gasteiger partial charge in [0.25, 0.3) is 0 Å². The highest BCUT2D eigenvalue weighted by Gasteiger charge is 2.22. The molecule has 2 N–H and O–H groups in total. The molecule has 0 saturated heterocycles. The minimum absolute atomic E-state index is 0.0562. The molecule has 10 nitrogen and oxygen atoms in total. The van der Waals surface area contributed by atoms with Crippen LogP contribution in [0.3, 0.4) is 0 Å². The van der Waals surface area contributed by atoms with Gasteiger partial charge in [0.15, 0.2) is 5.69 Å². The second-order valence-electron chi connectivity index (χ2n) is 9.26. The highest BCUT2D eigenvalue weighted by atomic mass is 79.9. The van der Waals surface area contributed by atoms with Crippen molar-refractivity contribution >= 4 is 55.8 Å². The summed E-state index contributed by atoms with van der Waals surface area (Å²) in [7, 11) is 5.69. The van der Waals surface area contributed by atoms with Gasteiger partial charge in [0.1, 0.15) is 18.7 Å². The van der Waals surface area contributed by atoms with E-state index in [0.717, 1.165) is 26.8 Å². The maximum Gasteiger partial charge on any atom is 0.323 e. The predicted molar refractivity (Wildman–Crippen MR) is 147 cm³/mol. The molecule has 0 saturated carbocycles. The predicted octanol–water partition coefficient (Wildman–Crippen LogP) is 5.15. The molecule has 0 aliphatic rings. The van der Waals surface area contributed by atoms with E-state index in [4.69, 9.17) is 0 Å². The first-order chi connectivity index (χ1) is 17.6. The number of hydrogen-bond donors (Lipinski definition) is 2. The fourth-order valence-electron chi connectivity index (χ4n) is 3.95. The lowest BCUT2D eigenvalue weighted by Crippen LogP contribution is -2.39. The van der Waals surface area contributed by atoms with Crippen molar-refractivity contribution in [1.82, 2.24) is 14.5 Å². The van der Waals surface area contributed by atoms with Gasteiger partial charge in [0.05, 0.1) is 33.2 Å². The molecule has 0 unspecified atom stereocenters. The van der Waals surface area contributed by atoms with Gasteiger partial charge in [0, 0.05) is 33.4 Å². The maximum absolute atomic E-state index is 12.6. The largest absolute Gasteiger partial charge is 0.358 e. The Bertz CT molecular complexity index is 1500. The van der Waals surface area contributed by atoms with E-state index < -0.39 is 4.92 Å². The molecule has 4 rings (SSSR count). The molecule has 0 bridgehead atoms. The Morgan fingerprint density at radius 1 is 1.14 bits per heavy atom. The van der Waals surface area contributed by atoms with Crippen LogP contribution >= 0.6 is 15.9 Å². The van der Waals surface area contributed by atoms with E-state index in [1.165, 1.54) is 18.5 Å². The molecule has 190 valence electrons. The summed E-state index contributed by atoms with van der Waals surface area (Å²) in [4.78, 5) is 32.0. The third-order valence-corrected chi connectivity index (χ3v) is 6.33. The lowest BCUT2D eigenvalue weighted by Gasteiger charge is -2.27. The summed E-state index contributed by atoms with van der Waals surface area (Å²) in [6.07, 6.45) is 4.80. The van der Waals surface area contributed by atoms with Crippen molar-refractivity contribution in [3.63, 3.8) is 0 Å². The van der Waals surface area contributed by atoms with Crippen LogP contribution in [0.5, 0.6) is 0 Å². The zero-order valence-corrected chi connectivity index (χ0v) is 22.3. The van der Waals surface area contributed by atoms with E-state index in [0.29, 0.717) is 29.1 Å². The van der Waals surface area contributed by atoms with Gasteiger partial charge in [-0.25, -0.2) is 14.5 Å². The van der Waals surface area contributed by atoms with Gasteiger partial charge in [-0.3, -0.25) is 4.79 Å². The number of anilines is 3. The highest BCUT2D eigenvalue weighted by molar-refractivity contribution is 9.10. The Hall–Kier alpha value is -4.09. The molecule has 0 aliphatic heterocycles. The van der Waals surface area contributed by atoms with E-state index in [9.17, 15) is 14.9 Å². The second-order valence-corrected chi connectivity index (χ2v) is 10.2. The molecule has 11 heteroatoms. The van der Waals surface area contributed by atoms with Crippen molar-refractivity contribution in [1.29, 1.82) is 0 Å². The van der Waals surface area contributed by atoms with Gasteiger partial charge >= 0.3 is 5.82 Å². The number of rotatable bonds is 9.